The van der Waals surface area contributed by atoms with E-state index in [1.54, 1.807) is 34.0 Å². The maximum atomic E-state index is 14.6. The Hall–Kier alpha value is -2.68. The number of aliphatic hydroxyl groups is 3. The number of aliphatic hydroxyl groups excluding tert-OH is 2. The number of hydrogen-bond donors (Lipinski definition) is 3. The molecular formula is C57H90INO14. The number of ether oxygens (including phenoxy) is 6. The van der Waals surface area contributed by atoms with Gasteiger partial charge in [-0.1, -0.05) is 93.7 Å². The number of unbranched alkanes of at least 4 members (excludes halogenated alkanes) is 1. The molecule has 1 aliphatic carbocycles. The van der Waals surface area contributed by atoms with Gasteiger partial charge in [-0.25, -0.2) is 4.79 Å². The predicted molar refractivity (Wildman–Crippen MR) is 288 cm³/mol. The summed E-state index contributed by atoms with van der Waals surface area (Å²) in [4.78, 5) is 72.8. The van der Waals surface area contributed by atoms with E-state index in [9.17, 15) is 39.3 Å². The Morgan fingerprint density at radius 3 is 2.29 bits per heavy atom. The van der Waals surface area contributed by atoms with Gasteiger partial charge in [0.1, 0.15) is 30.1 Å². The molecule has 2 saturated heterocycles. The van der Waals surface area contributed by atoms with Crippen molar-refractivity contribution in [2.75, 3.05) is 45.0 Å². The topological polar surface area (TPSA) is 205 Å². The average molecular weight is 1140 g/mol. The van der Waals surface area contributed by atoms with Crippen LogP contribution in [0.15, 0.2) is 47.6 Å². The molecule has 4 aliphatic rings. The molecule has 3 fully saturated rings. The highest BCUT2D eigenvalue weighted by Crippen LogP contribution is 2.38. The molecule has 15 nitrogen and oxygen atoms in total. The van der Waals surface area contributed by atoms with Crippen molar-refractivity contribution in [1.29, 1.82) is 0 Å². The number of carbonyl (C=O) groups is 5. The second kappa shape index (κ2) is 31.5. The van der Waals surface area contributed by atoms with Gasteiger partial charge in [-0.3, -0.25) is 19.2 Å². The summed E-state index contributed by atoms with van der Waals surface area (Å²) in [7, 11) is 3.08. The molecule has 16 heteroatoms. The molecule has 3 N–H and O–H groups in total. The van der Waals surface area contributed by atoms with E-state index in [2.05, 4.69) is 22.6 Å². The van der Waals surface area contributed by atoms with Crippen LogP contribution in [0.5, 0.6) is 0 Å². The number of fused-ring (bicyclic) bond motifs is 3. The molecule has 2 bridgehead atoms. The van der Waals surface area contributed by atoms with Gasteiger partial charge in [0.15, 0.2) is 5.78 Å². The standard InChI is InChI=1S/C57H90INO14/c1-36-18-11-10-12-19-37(2)48(71-28-16-15-27-60)34-44-23-21-42(7)57(67,73-44)54(64)55(65)59-26-14-13-20-45(59)56(66)72-49(39(4)32-43-22-24-47(50(33-43)68-8)70-29-17-25-58)35-46(61)38(3)31-41(6)52(63)53(69-9)51(62)40(5)30-36/h10-12,18-19,31,36,38-40,42-45,47-50,52-53,60,63,67H,13-17,20-30,32-35H2,1-9H3/t36?,38?,39?,40?,42?,43-,44?,45?,47+,48?,49?,50+,52?,53?,57?/m0/s1. The number of rotatable bonds is 14. The van der Waals surface area contributed by atoms with E-state index in [1.165, 1.54) is 12.0 Å². The van der Waals surface area contributed by atoms with E-state index in [0.29, 0.717) is 70.2 Å². The fraction of sp³-hybridized carbons (Fsp3) is 0.772. The molecule has 73 heavy (non-hydrogen) atoms. The lowest BCUT2D eigenvalue weighted by Crippen LogP contribution is -2.61. The Morgan fingerprint density at radius 2 is 1.59 bits per heavy atom. The van der Waals surface area contributed by atoms with E-state index in [-0.39, 0.29) is 73.9 Å². The van der Waals surface area contributed by atoms with E-state index in [0.717, 1.165) is 35.7 Å². The number of methoxy groups -OCH3 is 2. The van der Waals surface area contributed by atoms with Crippen molar-refractivity contribution in [2.24, 2.45) is 35.5 Å². The summed E-state index contributed by atoms with van der Waals surface area (Å²) in [5.41, 5.74) is 1.26. The van der Waals surface area contributed by atoms with Gasteiger partial charge in [0.25, 0.3) is 11.7 Å². The quantitative estimate of drug-likeness (QED) is 0.0375. The third-order valence-corrected chi connectivity index (χ3v) is 16.4. The van der Waals surface area contributed by atoms with Crippen LogP contribution in [0.3, 0.4) is 0 Å². The molecule has 0 aromatic carbocycles. The van der Waals surface area contributed by atoms with E-state index in [4.69, 9.17) is 28.4 Å². The maximum absolute atomic E-state index is 14.6. The summed E-state index contributed by atoms with van der Waals surface area (Å²) in [5.74, 6) is -7.92. The van der Waals surface area contributed by atoms with Gasteiger partial charge in [-0.2, -0.15) is 0 Å². The molecule has 1 amide bonds. The molecule has 0 aromatic heterocycles. The third-order valence-electron chi connectivity index (χ3n) is 15.7. The van der Waals surface area contributed by atoms with Crippen LogP contribution in [-0.4, -0.2) is 149 Å². The fourth-order valence-corrected chi connectivity index (χ4v) is 11.2. The van der Waals surface area contributed by atoms with Crippen molar-refractivity contribution < 1.29 is 67.7 Å². The summed E-state index contributed by atoms with van der Waals surface area (Å²) in [6.07, 6.45) is 14.6. The van der Waals surface area contributed by atoms with Crippen molar-refractivity contribution in [3.63, 3.8) is 0 Å². The van der Waals surface area contributed by atoms with Gasteiger partial charge in [-0.15, -0.1) is 0 Å². The first-order chi connectivity index (χ1) is 34.8. The van der Waals surface area contributed by atoms with Crippen LogP contribution in [0.2, 0.25) is 0 Å². The lowest BCUT2D eigenvalue weighted by molar-refractivity contribution is -0.266. The van der Waals surface area contributed by atoms with Crippen molar-refractivity contribution >= 4 is 51.8 Å². The molecule has 3 aliphatic heterocycles. The predicted octanol–water partition coefficient (Wildman–Crippen LogP) is 8.17. The van der Waals surface area contributed by atoms with Crippen LogP contribution in [0.25, 0.3) is 0 Å². The van der Waals surface area contributed by atoms with E-state index in [1.807, 2.05) is 58.1 Å². The van der Waals surface area contributed by atoms with Crippen LogP contribution in [-0.2, 0) is 52.4 Å². The Labute approximate surface area is 449 Å². The van der Waals surface area contributed by atoms with Crippen LogP contribution < -0.4 is 0 Å². The molecule has 414 valence electrons. The minimum Gasteiger partial charge on any atom is -0.460 e. The van der Waals surface area contributed by atoms with Crippen molar-refractivity contribution in [1.82, 2.24) is 4.90 Å². The fourth-order valence-electron chi connectivity index (χ4n) is 10.9. The van der Waals surface area contributed by atoms with Gasteiger partial charge in [0.2, 0.25) is 5.79 Å². The van der Waals surface area contributed by atoms with Gasteiger partial charge in [0, 0.05) is 75.6 Å². The number of carbonyl (C=O) groups excluding carboxylic acids is 5. The normalized spacial score (nSPS) is 35.0. The van der Waals surface area contributed by atoms with Crippen molar-refractivity contribution in [3.8, 4) is 0 Å². The second-order valence-corrected chi connectivity index (χ2v) is 22.6. The highest BCUT2D eigenvalue weighted by molar-refractivity contribution is 14.1. The van der Waals surface area contributed by atoms with Gasteiger partial charge in [0.05, 0.1) is 24.4 Å². The Morgan fingerprint density at radius 1 is 0.849 bits per heavy atom. The number of esters is 1. The first-order valence-electron chi connectivity index (χ1n) is 27.2. The van der Waals surface area contributed by atoms with E-state index >= 15 is 0 Å². The summed E-state index contributed by atoms with van der Waals surface area (Å²) in [6, 6.07) is -1.15. The maximum Gasteiger partial charge on any atom is 0.329 e. The number of halogens is 1. The van der Waals surface area contributed by atoms with Gasteiger partial charge < -0.3 is 48.6 Å². The van der Waals surface area contributed by atoms with E-state index < -0.39 is 77.8 Å². The molecular weight excluding hydrogens is 1050 g/mol. The highest BCUT2D eigenvalue weighted by Gasteiger charge is 2.53. The molecule has 12 unspecified atom stereocenters. The number of nitrogens with zero attached hydrogens (tertiary/aromatic N) is 1. The number of alkyl halides is 1. The number of Topliss-reactive ketones (excluding diaryl/α,β-unsaturated/α-hetero) is 3. The SMILES string of the molecule is COC1C(=O)C(C)CC(C)C=CC=CC=C(C)C(OCCCCO)CC2CCC(C)C(O)(O2)C(=O)C(=O)N2CCCCC2C(=O)OC(C(C)C[C@@H]2CC[C@@H](OCCCI)[C@H](OC)C2)CC(=O)C(C)C=C(C)C1O. The number of cyclic esters (lactones) is 1. The minimum atomic E-state index is -2.46. The van der Waals surface area contributed by atoms with Crippen LogP contribution in [0, 0.1) is 35.5 Å². The minimum absolute atomic E-state index is 0.00128. The third kappa shape index (κ3) is 18.5. The van der Waals surface area contributed by atoms with Crippen molar-refractivity contribution in [2.45, 2.75) is 199 Å². The first-order valence-corrected chi connectivity index (χ1v) is 28.7. The molecule has 3 heterocycles. The van der Waals surface area contributed by atoms with Crippen LogP contribution in [0.4, 0.5) is 0 Å². The lowest BCUT2D eigenvalue weighted by Gasteiger charge is -2.43. The Balaban J connectivity index is 1.71. The zero-order valence-electron chi connectivity index (χ0n) is 45.3. The summed E-state index contributed by atoms with van der Waals surface area (Å²) in [5, 5.41) is 33.1. The number of piperidine rings is 1. The highest BCUT2D eigenvalue weighted by atomic mass is 127. The number of hydrogen-bond acceptors (Lipinski definition) is 14. The zero-order chi connectivity index (χ0) is 53.8. The largest absolute Gasteiger partial charge is 0.460 e. The summed E-state index contributed by atoms with van der Waals surface area (Å²) < 4.78 is 37.7. The monoisotopic (exact) mass is 1140 g/mol. The smallest absolute Gasteiger partial charge is 0.329 e. The molecule has 4 rings (SSSR count). The van der Waals surface area contributed by atoms with Gasteiger partial charge in [-0.05, 0) is 126 Å². The molecule has 0 radical (unpaired) electrons. The average Bonchev–Trinajstić information content (AvgIpc) is 3.37. The molecule has 0 spiro atoms. The Bertz CT molecular complexity index is 1900. The zero-order valence-corrected chi connectivity index (χ0v) is 47.5. The lowest BCUT2D eigenvalue weighted by atomic mass is 9.78. The molecule has 0 aromatic rings. The van der Waals surface area contributed by atoms with Crippen molar-refractivity contribution in [3.05, 3.63) is 47.6 Å². The number of allylic oxidation sites excluding steroid dienone is 6. The summed E-state index contributed by atoms with van der Waals surface area (Å²) >= 11 is 2.34. The summed E-state index contributed by atoms with van der Waals surface area (Å²) in [6.45, 7) is 13.9. The number of ketones is 3. The van der Waals surface area contributed by atoms with Gasteiger partial charge >= 0.3 is 5.97 Å². The second-order valence-electron chi connectivity index (χ2n) is 21.5. The number of amides is 1. The Kier molecular flexibility index (Phi) is 27.1. The molecule has 1 saturated carbocycles. The molecule has 15 atom stereocenters. The van der Waals surface area contributed by atoms with Crippen LogP contribution in [0.1, 0.15) is 145 Å². The first kappa shape index (κ1) is 62.9. The van der Waals surface area contributed by atoms with Crippen LogP contribution >= 0.6 is 22.6 Å².